The minimum atomic E-state index is -4.96. The van der Waals surface area contributed by atoms with E-state index in [2.05, 4.69) is 27.7 Å². The van der Waals surface area contributed by atoms with Crippen molar-refractivity contribution >= 4 is 39.5 Å². The predicted molar refractivity (Wildman–Crippen MR) is 437 cm³/mol. The smallest absolute Gasteiger partial charge is 0.462 e. The van der Waals surface area contributed by atoms with Crippen LogP contribution in [0.1, 0.15) is 477 Å². The highest BCUT2D eigenvalue weighted by atomic mass is 31.2. The Kier molecular flexibility index (Phi) is 79.6. The van der Waals surface area contributed by atoms with Crippen molar-refractivity contribution in [3.63, 3.8) is 0 Å². The summed E-state index contributed by atoms with van der Waals surface area (Å²) in [7, 11) is -9.92. The van der Waals surface area contributed by atoms with Crippen molar-refractivity contribution in [2.45, 2.75) is 495 Å². The molecular formula is C87H170O17P2. The maximum atomic E-state index is 13.1. The largest absolute Gasteiger partial charge is 0.472 e. The predicted octanol–water partition coefficient (Wildman–Crippen LogP) is 26.9. The number of phosphoric ester groups is 2. The molecule has 19 heteroatoms. The summed E-state index contributed by atoms with van der Waals surface area (Å²) in [5, 5.41) is 10.6. The second kappa shape index (κ2) is 81.1. The van der Waals surface area contributed by atoms with E-state index in [-0.39, 0.29) is 25.7 Å². The number of hydrogen-bond acceptors (Lipinski definition) is 15. The quantitative estimate of drug-likeness (QED) is 0.0222. The lowest BCUT2D eigenvalue weighted by molar-refractivity contribution is -0.161. The van der Waals surface area contributed by atoms with E-state index in [4.69, 9.17) is 37.0 Å². The van der Waals surface area contributed by atoms with Crippen LogP contribution >= 0.6 is 15.6 Å². The Morgan fingerprint density at radius 1 is 0.226 bits per heavy atom. The van der Waals surface area contributed by atoms with Crippen LogP contribution in [0.2, 0.25) is 0 Å². The molecule has 0 aliphatic heterocycles. The van der Waals surface area contributed by atoms with E-state index >= 15 is 0 Å². The molecule has 0 spiro atoms. The van der Waals surface area contributed by atoms with Crippen LogP contribution in [0.3, 0.4) is 0 Å². The standard InChI is InChI=1S/C87H170O17P2/c1-5-9-13-17-20-23-26-29-32-35-38-40-41-44-47-50-53-56-59-62-66-70-74-87(92)104-83(78-98-85(90)72-68-64-60-57-54-51-48-45-43-39-36-33-30-27-24-21-18-14-10-6-2)80-102-106(95,96)100-76-81(88)75-99-105(93,94)101-79-82(77-97-84(89)71-67-63-16-12-8-4)103-86(91)73-69-65-61-58-55-52-49-46-42-37-34-31-28-25-22-19-15-11-7-3/h81-83,88H,5-80H2,1-4H3,(H,93,94)(H,95,96)/t81-,82+,83+/m0/s1. The lowest BCUT2D eigenvalue weighted by Crippen LogP contribution is -2.30. The molecular weight excluding hydrogens is 1380 g/mol. The van der Waals surface area contributed by atoms with E-state index < -0.39 is 97.5 Å². The first kappa shape index (κ1) is 104. The third-order valence-corrected chi connectivity index (χ3v) is 22.5. The van der Waals surface area contributed by atoms with Crippen LogP contribution in [0.15, 0.2) is 0 Å². The third kappa shape index (κ3) is 80.1. The first-order valence-corrected chi connectivity index (χ1v) is 48.3. The summed E-state index contributed by atoms with van der Waals surface area (Å²) in [4.78, 5) is 72.9. The molecule has 0 saturated heterocycles. The van der Waals surface area contributed by atoms with Gasteiger partial charge in [0.05, 0.1) is 26.4 Å². The molecule has 17 nitrogen and oxygen atoms in total. The van der Waals surface area contributed by atoms with Crippen molar-refractivity contribution in [2.75, 3.05) is 39.6 Å². The number of ether oxygens (including phenoxy) is 4. The number of rotatable bonds is 88. The normalized spacial score (nSPS) is 13.7. The van der Waals surface area contributed by atoms with Crippen LogP contribution in [-0.2, 0) is 65.4 Å². The first-order valence-electron chi connectivity index (χ1n) is 45.3. The van der Waals surface area contributed by atoms with E-state index in [0.29, 0.717) is 25.7 Å². The Labute approximate surface area is 651 Å². The Morgan fingerprint density at radius 3 is 0.557 bits per heavy atom. The summed E-state index contributed by atoms with van der Waals surface area (Å²) >= 11 is 0. The summed E-state index contributed by atoms with van der Waals surface area (Å²) in [5.41, 5.74) is 0. The maximum absolute atomic E-state index is 13.1. The summed E-state index contributed by atoms with van der Waals surface area (Å²) in [5.74, 6) is -2.11. The zero-order valence-corrected chi connectivity index (χ0v) is 71.2. The van der Waals surface area contributed by atoms with E-state index in [0.717, 1.165) is 96.3 Å². The van der Waals surface area contributed by atoms with Crippen molar-refractivity contribution < 1.29 is 80.2 Å². The number of carbonyl (C=O) groups excluding carboxylic acids is 4. The molecule has 0 heterocycles. The fourth-order valence-corrected chi connectivity index (χ4v) is 15.3. The lowest BCUT2D eigenvalue weighted by Gasteiger charge is -2.21. The van der Waals surface area contributed by atoms with Gasteiger partial charge >= 0.3 is 39.5 Å². The van der Waals surface area contributed by atoms with Crippen LogP contribution < -0.4 is 0 Å². The van der Waals surface area contributed by atoms with Crippen molar-refractivity contribution in [1.82, 2.24) is 0 Å². The van der Waals surface area contributed by atoms with Gasteiger partial charge in [-0.2, -0.15) is 0 Å². The Hall–Kier alpha value is -1.94. The van der Waals surface area contributed by atoms with Gasteiger partial charge in [-0.1, -0.05) is 426 Å². The molecule has 0 aliphatic carbocycles. The topological polar surface area (TPSA) is 237 Å². The number of aliphatic hydroxyl groups is 1. The molecule has 0 fully saturated rings. The van der Waals surface area contributed by atoms with Crippen molar-refractivity contribution in [3.8, 4) is 0 Å². The van der Waals surface area contributed by atoms with Gasteiger partial charge in [-0.15, -0.1) is 0 Å². The average molecular weight is 1550 g/mol. The highest BCUT2D eigenvalue weighted by molar-refractivity contribution is 7.47. The summed E-state index contributed by atoms with van der Waals surface area (Å²) in [6.45, 7) is 4.97. The number of carbonyl (C=O) groups is 4. The molecule has 0 rings (SSSR count). The van der Waals surface area contributed by atoms with E-state index in [9.17, 15) is 43.2 Å². The van der Waals surface area contributed by atoms with Gasteiger partial charge in [-0.3, -0.25) is 37.3 Å². The molecule has 106 heavy (non-hydrogen) atoms. The van der Waals surface area contributed by atoms with Crippen molar-refractivity contribution in [2.24, 2.45) is 0 Å². The monoisotopic (exact) mass is 1550 g/mol. The number of phosphoric acid groups is 2. The van der Waals surface area contributed by atoms with Gasteiger partial charge in [-0.25, -0.2) is 9.13 Å². The molecule has 630 valence electrons. The van der Waals surface area contributed by atoms with Crippen LogP contribution in [-0.4, -0.2) is 96.7 Å². The second-order valence-corrected chi connectivity index (χ2v) is 34.2. The fourth-order valence-electron chi connectivity index (χ4n) is 13.7. The van der Waals surface area contributed by atoms with Crippen LogP contribution in [0.4, 0.5) is 0 Å². The molecule has 5 atom stereocenters. The maximum Gasteiger partial charge on any atom is 0.472 e. The van der Waals surface area contributed by atoms with Crippen molar-refractivity contribution in [3.05, 3.63) is 0 Å². The summed E-state index contributed by atoms with van der Waals surface area (Å²) in [6, 6.07) is 0. The van der Waals surface area contributed by atoms with Gasteiger partial charge in [0.2, 0.25) is 0 Å². The molecule has 0 bridgehead atoms. The Morgan fingerprint density at radius 2 is 0.377 bits per heavy atom. The van der Waals surface area contributed by atoms with Gasteiger partial charge in [0, 0.05) is 25.7 Å². The number of aliphatic hydroxyl groups excluding tert-OH is 1. The number of unbranched alkanes of at least 4 members (excludes halogenated alkanes) is 62. The average Bonchev–Trinajstić information content (AvgIpc) is 0.905. The van der Waals surface area contributed by atoms with Crippen molar-refractivity contribution in [1.29, 1.82) is 0 Å². The summed E-state index contributed by atoms with van der Waals surface area (Å²) in [6.07, 6.45) is 77.1. The molecule has 0 amide bonds. The van der Waals surface area contributed by atoms with E-state index in [1.807, 2.05) is 0 Å². The highest BCUT2D eigenvalue weighted by Gasteiger charge is 2.30. The van der Waals surface area contributed by atoms with E-state index in [1.54, 1.807) is 0 Å². The van der Waals surface area contributed by atoms with Gasteiger partial charge in [-0.05, 0) is 25.7 Å². The van der Waals surface area contributed by atoms with Gasteiger partial charge in [0.25, 0.3) is 0 Å². The SMILES string of the molecule is CCCCCCCCCCCCCCCCCCCCCCCCC(=O)O[C@H](COC(=O)CCCCCCCCCCCCCCCCCCCCCC)COP(=O)(O)OC[C@@H](O)COP(=O)(O)OC[C@@H](COC(=O)CCCCCCC)OC(=O)CCCCCCCCCCCCCCCCCCCCC. The zero-order chi connectivity index (χ0) is 77.4. The van der Waals surface area contributed by atoms with Crippen LogP contribution in [0.5, 0.6) is 0 Å². The van der Waals surface area contributed by atoms with Gasteiger partial charge < -0.3 is 33.8 Å². The van der Waals surface area contributed by atoms with E-state index in [1.165, 1.54) is 302 Å². The lowest BCUT2D eigenvalue weighted by atomic mass is 10.0. The first-order chi connectivity index (χ1) is 51.7. The number of esters is 4. The molecule has 0 aliphatic rings. The van der Waals surface area contributed by atoms with Crippen LogP contribution in [0.25, 0.3) is 0 Å². The highest BCUT2D eigenvalue weighted by Crippen LogP contribution is 2.45. The summed E-state index contributed by atoms with van der Waals surface area (Å²) < 4.78 is 68.7. The molecule has 2 unspecified atom stereocenters. The third-order valence-electron chi connectivity index (χ3n) is 20.6. The van der Waals surface area contributed by atoms with Gasteiger partial charge in [0.15, 0.2) is 12.2 Å². The molecule has 0 aromatic carbocycles. The molecule has 0 saturated carbocycles. The Bertz CT molecular complexity index is 2000. The molecule has 0 radical (unpaired) electrons. The fraction of sp³-hybridized carbons (Fsp3) is 0.954. The minimum Gasteiger partial charge on any atom is -0.462 e. The molecule has 0 aromatic heterocycles. The van der Waals surface area contributed by atoms with Gasteiger partial charge in [0.1, 0.15) is 19.3 Å². The Balaban J connectivity index is 5.08. The molecule has 3 N–H and O–H groups in total. The van der Waals surface area contributed by atoms with Crippen LogP contribution in [0, 0.1) is 0 Å². The minimum absolute atomic E-state index is 0.108. The number of hydrogen-bond donors (Lipinski definition) is 3. The molecule has 0 aromatic rings. The zero-order valence-electron chi connectivity index (χ0n) is 69.4. The second-order valence-electron chi connectivity index (χ2n) is 31.3.